The van der Waals surface area contributed by atoms with E-state index in [0.29, 0.717) is 6.42 Å². The first-order valence-corrected chi connectivity index (χ1v) is 5.85. The van der Waals surface area contributed by atoms with Crippen LogP contribution in [0.3, 0.4) is 0 Å². The monoisotopic (exact) mass is 198 g/mol. The van der Waals surface area contributed by atoms with E-state index < -0.39 is 0 Å². The molecule has 1 N–H and O–H groups in total. The molecule has 0 radical (unpaired) electrons. The van der Waals surface area contributed by atoms with Crippen LogP contribution in [0.25, 0.3) is 0 Å². The fraction of sp³-hybridized carbons (Fsp3) is 0.917. The highest BCUT2D eigenvalue weighted by atomic mass is 16.3. The number of hydrogen-bond donors (Lipinski definition) is 1. The number of aliphatic hydroxyl groups is 1. The normalized spacial score (nSPS) is 20.7. The highest BCUT2D eigenvalue weighted by molar-refractivity contribution is 5.78. The highest BCUT2D eigenvalue weighted by Gasteiger charge is 2.21. The lowest BCUT2D eigenvalue weighted by atomic mass is 9.81. The summed E-state index contributed by atoms with van der Waals surface area (Å²) in [7, 11) is 0. The van der Waals surface area contributed by atoms with Crippen LogP contribution in [0.1, 0.15) is 51.9 Å². The van der Waals surface area contributed by atoms with Crippen LogP contribution >= 0.6 is 0 Å². The van der Waals surface area contributed by atoms with Gasteiger partial charge in [0.15, 0.2) is 0 Å². The number of ketones is 1. The molecule has 1 atom stereocenters. The van der Waals surface area contributed by atoms with E-state index in [-0.39, 0.29) is 18.3 Å². The molecule has 2 nitrogen and oxygen atoms in total. The smallest absolute Gasteiger partial charge is 0.133 e. The van der Waals surface area contributed by atoms with Crippen molar-refractivity contribution in [3.63, 3.8) is 0 Å². The summed E-state index contributed by atoms with van der Waals surface area (Å²) in [5.74, 6) is 1.11. The summed E-state index contributed by atoms with van der Waals surface area (Å²) in [6.07, 6.45) is 8.26. The molecular formula is C12H22O2. The Morgan fingerprint density at radius 2 is 2.00 bits per heavy atom. The van der Waals surface area contributed by atoms with Crippen molar-refractivity contribution in [2.45, 2.75) is 51.9 Å². The van der Waals surface area contributed by atoms with Gasteiger partial charge in [-0.2, -0.15) is 0 Å². The van der Waals surface area contributed by atoms with Crippen molar-refractivity contribution in [1.82, 2.24) is 0 Å². The Labute approximate surface area is 86.7 Å². The summed E-state index contributed by atoms with van der Waals surface area (Å²) < 4.78 is 0. The second-order valence-electron chi connectivity index (χ2n) is 4.56. The van der Waals surface area contributed by atoms with Crippen molar-refractivity contribution >= 4 is 5.78 Å². The standard InChI is InChI=1S/C12H22O2/c1-10(14)12(7-8-13)9-11-5-3-2-4-6-11/h11-13H,2-9H2,1H3. The molecule has 14 heavy (non-hydrogen) atoms. The lowest BCUT2D eigenvalue weighted by molar-refractivity contribution is -0.121. The average molecular weight is 198 g/mol. The Kier molecular flexibility index (Phi) is 5.16. The molecule has 1 saturated carbocycles. The third-order valence-corrected chi connectivity index (χ3v) is 3.40. The minimum atomic E-state index is 0.114. The number of carbonyl (C=O) groups is 1. The number of Topliss-reactive ketones (excluding diaryl/α,β-unsaturated/α-hetero) is 1. The molecule has 0 heterocycles. The Morgan fingerprint density at radius 1 is 1.36 bits per heavy atom. The fourth-order valence-corrected chi connectivity index (χ4v) is 2.47. The maximum atomic E-state index is 11.3. The van der Waals surface area contributed by atoms with Gasteiger partial charge in [-0.25, -0.2) is 0 Å². The molecule has 1 unspecified atom stereocenters. The largest absolute Gasteiger partial charge is 0.396 e. The van der Waals surface area contributed by atoms with Gasteiger partial charge >= 0.3 is 0 Å². The van der Waals surface area contributed by atoms with Crippen molar-refractivity contribution in [3.8, 4) is 0 Å². The number of carbonyl (C=O) groups excluding carboxylic acids is 1. The van der Waals surface area contributed by atoms with E-state index in [1.54, 1.807) is 6.92 Å². The summed E-state index contributed by atoms with van der Waals surface area (Å²) in [4.78, 5) is 11.3. The van der Waals surface area contributed by atoms with Gasteiger partial charge in [-0.3, -0.25) is 4.79 Å². The summed E-state index contributed by atoms with van der Waals surface area (Å²) in [6.45, 7) is 1.81. The molecule has 0 aromatic carbocycles. The molecule has 0 aliphatic heterocycles. The maximum Gasteiger partial charge on any atom is 0.133 e. The summed E-state index contributed by atoms with van der Waals surface area (Å²) in [5, 5.41) is 8.86. The molecule has 0 amide bonds. The van der Waals surface area contributed by atoms with Crippen LogP contribution in [0.4, 0.5) is 0 Å². The van der Waals surface area contributed by atoms with E-state index in [1.807, 2.05) is 0 Å². The van der Waals surface area contributed by atoms with Gasteiger partial charge in [-0.05, 0) is 25.7 Å². The van der Waals surface area contributed by atoms with Crippen molar-refractivity contribution in [3.05, 3.63) is 0 Å². The van der Waals surface area contributed by atoms with Gasteiger partial charge in [-0.15, -0.1) is 0 Å². The quantitative estimate of drug-likeness (QED) is 0.737. The first kappa shape index (κ1) is 11.7. The van der Waals surface area contributed by atoms with Gasteiger partial charge in [0.05, 0.1) is 0 Å². The lowest BCUT2D eigenvalue weighted by Gasteiger charge is -2.24. The zero-order valence-corrected chi connectivity index (χ0v) is 9.17. The van der Waals surface area contributed by atoms with Gasteiger partial charge in [0.1, 0.15) is 5.78 Å². The van der Waals surface area contributed by atoms with E-state index in [0.717, 1.165) is 12.3 Å². The van der Waals surface area contributed by atoms with Gasteiger partial charge in [0.25, 0.3) is 0 Å². The minimum absolute atomic E-state index is 0.114. The molecule has 0 bridgehead atoms. The van der Waals surface area contributed by atoms with Crippen LogP contribution < -0.4 is 0 Å². The van der Waals surface area contributed by atoms with Gasteiger partial charge in [0.2, 0.25) is 0 Å². The molecule has 1 rings (SSSR count). The third kappa shape index (κ3) is 3.79. The maximum absolute atomic E-state index is 11.3. The molecule has 2 heteroatoms. The van der Waals surface area contributed by atoms with Crippen molar-refractivity contribution in [2.24, 2.45) is 11.8 Å². The van der Waals surface area contributed by atoms with E-state index in [9.17, 15) is 4.79 Å². The average Bonchev–Trinajstić information content (AvgIpc) is 2.18. The van der Waals surface area contributed by atoms with Crippen LogP contribution in [-0.2, 0) is 4.79 Å². The van der Waals surface area contributed by atoms with Crippen molar-refractivity contribution < 1.29 is 9.90 Å². The molecule has 1 aliphatic carbocycles. The number of rotatable bonds is 5. The Balaban J connectivity index is 2.33. The van der Waals surface area contributed by atoms with Gasteiger partial charge in [-0.1, -0.05) is 32.1 Å². The van der Waals surface area contributed by atoms with Crippen molar-refractivity contribution in [1.29, 1.82) is 0 Å². The molecule has 1 fully saturated rings. The van der Waals surface area contributed by atoms with E-state index in [1.165, 1.54) is 32.1 Å². The van der Waals surface area contributed by atoms with Gasteiger partial charge in [0, 0.05) is 12.5 Å². The summed E-state index contributed by atoms with van der Waals surface area (Å²) in [5.41, 5.74) is 0. The van der Waals surface area contributed by atoms with Crippen LogP contribution in [-0.4, -0.2) is 17.5 Å². The van der Waals surface area contributed by atoms with Crippen LogP contribution in [0.5, 0.6) is 0 Å². The Bertz CT molecular complexity index is 171. The molecule has 0 saturated heterocycles. The number of hydrogen-bond acceptors (Lipinski definition) is 2. The van der Waals surface area contributed by atoms with Crippen molar-refractivity contribution in [2.75, 3.05) is 6.61 Å². The van der Waals surface area contributed by atoms with Gasteiger partial charge < -0.3 is 5.11 Å². The van der Waals surface area contributed by atoms with Crippen LogP contribution in [0.15, 0.2) is 0 Å². The summed E-state index contributed by atoms with van der Waals surface area (Å²) in [6, 6.07) is 0. The zero-order valence-electron chi connectivity index (χ0n) is 9.17. The van der Waals surface area contributed by atoms with Crippen LogP contribution in [0.2, 0.25) is 0 Å². The third-order valence-electron chi connectivity index (χ3n) is 3.40. The first-order valence-electron chi connectivity index (χ1n) is 5.85. The predicted octanol–water partition coefficient (Wildman–Crippen LogP) is 2.54. The number of aliphatic hydroxyl groups excluding tert-OH is 1. The molecule has 0 aromatic heterocycles. The predicted molar refractivity (Wildman–Crippen MR) is 57.1 cm³/mol. The second-order valence-corrected chi connectivity index (χ2v) is 4.56. The Hall–Kier alpha value is -0.370. The van der Waals surface area contributed by atoms with E-state index in [4.69, 9.17) is 5.11 Å². The zero-order chi connectivity index (χ0) is 10.4. The highest BCUT2D eigenvalue weighted by Crippen LogP contribution is 2.30. The molecule has 82 valence electrons. The lowest BCUT2D eigenvalue weighted by Crippen LogP contribution is -2.18. The molecular weight excluding hydrogens is 176 g/mol. The fourth-order valence-electron chi connectivity index (χ4n) is 2.47. The first-order chi connectivity index (χ1) is 6.74. The molecule has 0 aromatic rings. The molecule has 0 spiro atoms. The van der Waals surface area contributed by atoms with Crippen LogP contribution in [0, 0.1) is 11.8 Å². The second kappa shape index (κ2) is 6.18. The minimum Gasteiger partial charge on any atom is -0.396 e. The topological polar surface area (TPSA) is 37.3 Å². The molecule has 1 aliphatic rings. The van der Waals surface area contributed by atoms with E-state index >= 15 is 0 Å². The summed E-state index contributed by atoms with van der Waals surface area (Å²) >= 11 is 0. The van der Waals surface area contributed by atoms with E-state index in [2.05, 4.69) is 0 Å². The Morgan fingerprint density at radius 3 is 2.50 bits per heavy atom. The SMILES string of the molecule is CC(=O)C(CCO)CC1CCCCC1.